The van der Waals surface area contributed by atoms with Crippen LogP contribution in [0.5, 0.6) is 0 Å². The second-order valence-corrected chi connectivity index (χ2v) is 7.93. The van der Waals surface area contributed by atoms with Crippen LogP contribution in [0.2, 0.25) is 5.02 Å². The number of carbonyl (C=O) groups excluding carboxylic acids is 1. The third kappa shape index (κ3) is 5.50. The number of rotatable bonds is 8. The highest BCUT2D eigenvalue weighted by Gasteiger charge is 2.13. The van der Waals surface area contributed by atoms with E-state index in [1.54, 1.807) is 12.1 Å². The number of halogens is 1. The fourth-order valence-electron chi connectivity index (χ4n) is 2.72. The number of hydrogen-bond donors (Lipinski definition) is 1. The van der Waals surface area contributed by atoms with Crippen molar-refractivity contribution in [2.24, 2.45) is 0 Å². The normalized spacial score (nSPS) is 10.9. The summed E-state index contributed by atoms with van der Waals surface area (Å²) in [5.74, 6) is 1.60. The number of benzene rings is 2. The molecule has 2 aromatic heterocycles. The molecule has 1 N–H and O–H groups in total. The van der Waals surface area contributed by atoms with E-state index in [4.69, 9.17) is 20.5 Å². The van der Waals surface area contributed by atoms with Gasteiger partial charge in [0.05, 0.1) is 5.75 Å². The molecular formula is C21H18ClN5O3S. The number of thioether (sulfide) groups is 1. The zero-order valence-electron chi connectivity index (χ0n) is 16.5. The molecule has 0 saturated carbocycles. The third-order valence-corrected chi connectivity index (χ3v) is 5.59. The van der Waals surface area contributed by atoms with Crippen LogP contribution >= 0.6 is 23.4 Å². The van der Waals surface area contributed by atoms with Crippen molar-refractivity contribution < 1.29 is 13.7 Å². The van der Waals surface area contributed by atoms with E-state index >= 15 is 0 Å². The molecule has 158 valence electrons. The van der Waals surface area contributed by atoms with Gasteiger partial charge in [-0.05, 0) is 36.8 Å². The van der Waals surface area contributed by atoms with Crippen LogP contribution < -0.4 is 5.32 Å². The molecular weight excluding hydrogens is 438 g/mol. The Labute approximate surface area is 187 Å². The van der Waals surface area contributed by atoms with Crippen molar-refractivity contribution in [1.82, 2.24) is 20.3 Å². The molecule has 0 saturated heterocycles. The number of aromatic nitrogens is 4. The Balaban J connectivity index is 1.26. The SMILES string of the molecule is Cc1c(Cl)cccc1NC(=O)CCc1nc(CSc2nnc(-c3ccccc3)o2)no1. The highest BCUT2D eigenvalue weighted by Crippen LogP contribution is 2.25. The van der Waals surface area contributed by atoms with Gasteiger partial charge in [0.2, 0.25) is 17.7 Å². The van der Waals surface area contributed by atoms with Crippen molar-refractivity contribution in [2.45, 2.75) is 30.7 Å². The minimum atomic E-state index is -0.154. The summed E-state index contributed by atoms with van der Waals surface area (Å²) in [7, 11) is 0. The summed E-state index contributed by atoms with van der Waals surface area (Å²) >= 11 is 7.39. The molecule has 10 heteroatoms. The smallest absolute Gasteiger partial charge is 0.277 e. The topological polar surface area (TPSA) is 107 Å². The van der Waals surface area contributed by atoms with Gasteiger partial charge in [-0.3, -0.25) is 4.79 Å². The molecule has 1 amide bonds. The molecule has 31 heavy (non-hydrogen) atoms. The molecule has 2 aromatic carbocycles. The monoisotopic (exact) mass is 455 g/mol. The third-order valence-electron chi connectivity index (χ3n) is 4.37. The minimum Gasteiger partial charge on any atom is -0.411 e. The number of carbonyl (C=O) groups is 1. The highest BCUT2D eigenvalue weighted by atomic mass is 35.5. The lowest BCUT2D eigenvalue weighted by Crippen LogP contribution is -2.13. The molecule has 0 atom stereocenters. The maximum Gasteiger partial charge on any atom is 0.277 e. The number of nitrogens with zero attached hydrogens (tertiary/aromatic N) is 4. The zero-order valence-corrected chi connectivity index (χ0v) is 18.1. The van der Waals surface area contributed by atoms with E-state index in [0.29, 0.717) is 45.7 Å². The Morgan fingerprint density at radius 1 is 1.13 bits per heavy atom. The summed E-state index contributed by atoms with van der Waals surface area (Å²) in [6.07, 6.45) is 0.548. The van der Waals surface area contributed by atoms with Crippen LogP contribution in [0.15, 0.2) is 62.7 Å². The Morgan fingerprint density at radius 2 is 1.97 bits per heavy atom. The summed E-state index contributed by atoms with van der Waals surface area (Å²) in [6.45, 7) is 1.85. The second kappa shape index (κ2) is 9.76. The molecule has 0 aliphatic rings. The first-order valence-electron chi connectivity index (χ1n) is 9.46. The predicted molar refractivity (Wildman–Crippen MR) is 117 cm³/mol. The fourth-order valence-corrected chi connectivity index (χ4v) is 3.50. The largest absolute Gasteiger partial charge is 0.411 e. The van der Waals surface area contributed by atoms with Crippen molar-refractivity contribution in [3.63, 3.8) is 0 Å². The second-order valence-electron chi connectivity index (χ2n) is 6.59. The standard InChI is InChI=1S/C21H18ClN5O3S/c1-13-15(22)8-5-9-16(13)23-18(28)10-11-19-24-17(27-30-19)12-31-21-26-25-20(29-21)14-6-3-2-4-7-14/h2-9H,10-12H2,1H3,(H,23,28). The zero-order chi connectivity index (χ0) is 21.6. The van der Waals surface area contributed by atoms with E-state index in [9.17, 15) is 4.79 Å². The molecule has 4 aromatic rings. The Kier molecular flexibility index (Phi) is 6.63. The van der Waals surface area contributed by atoms with Crippen LogP contribution in [0.25, 0.3) is 11.5 Å². The van der Waals surface area contributed by atoms with Crippen molar-refractivity contribution in [2.75, 3.05) is 5.32 Å². The number of amides is 1. The van der Waals surface area contributed by atoms with E-state index in [1.807, 2.05) is 43.3 Å². The van der Waals surface area contributed by atoms with Crippen molar-refractivity contribution in [3.8, 4) is 11.5 Å². The van der Waals surface area contributed by atoms with E-state index in [2.05, 4.69) is 25.7 Å². The van der Waals surface area contributed by atoms with Crippen LogP contribution in [0.4, 0.5) is 5.69 Å². The van der Waals surface area contributed by atoms with Gasteiger partial charge in [0.15, 0.2) is 5.82 Å². The lowest BCUT2D eigenvalue weighted by Gasteiger charge is -2.08. The summed E-state index contributed by atoms with van der Waals surface area (Å²) in [5.41, 5.74) is 2.37. The number of nitrogens with one attached hydrogen (secondary N) is 1. The lowest BCUT2D eigenvalue weighted by atomic mass is 10.2. The molecule has 0 unspecified atom stereocenters. The maximum atomic E-state index is 12.2. The van der Waals surface area contributed by atoms with Crippen molar-refractivity contribution in [3.05, 3.63) is 70.8 Å². The molecule has 0 radical (unpaired) electrons. The van der Waals surface area contributed by atoms with Gasteiger partial charge in [0.25, 0.3) is 5.22 Å². The van der Waals surface area contributed by atoms with Gasteiger partial charge < -0.3 is 14.3 Å². The average molecular weight is 456 g/mol. The highest BCUT2D eigenvalue weighted by molar-refractivity contribution is 7.98. The van der Waals surface area contributed by atoms with Crippen LogP contribution in [0, 0.1) is 6.92 Å². The molecule has 0 spiro atoms. The maximum absolute atomic E-state index is 12.2. The van der Waals surface area contributed by atoms with Crippen molar-refractivity contribution in [1.29, 1.82) is 0 Å². The van der Waals surface area contributed by atoms with Crippen LogP contribution in [-0.4, -0.2) is 26.2 Å². The van der Waals surface area contributed by atoms with Crippen LogP contribution in [0.1, 0.15) is 23.7 Å². The first-order chi connectivity index (χ1) is 15.1. The molecule has 0 fully saturated rings. The van der Waals surface area contributed by atoms with Crippen LogP contribution in [0.3, 0.4) is 0 Å². The van der Waals surface area contributed by atoms with Gasteiger partial charge >= 0.3 is 0 Å². The first-order valence-corrected chi connectivity index (χ1v) is 10.8. The van der Waals surface area contributed by atoms with Gasteiger partial charge in [-0.25, -0.2) is 0 Å². The van der Waals surface area contributed by atoms with Gasteiger partial charge in [-0.15, -0.1) is 10.2 Å². The van der Waals surface area contributed by atoms with E-state index < -0.39 is 0 Å². The Morgan fingerprint density at radius 3 is 2.81 bits per heavy atom. The molecule has 0 bridgehead atoms. The first kappa shape index (κ1) is 21.1. The molecule has 0 aliphatic heterocycles. The van der Waals surface area contributed by atoms with Gasteiger partial charge in [-0.2, -0.15) is 4.98 Å². The number of hydrogen-bond acceptors (Lipinski definition) is 8. The Bertz CT molecular complexity index is 1180. The summed E-state index contributed by atoms with van der Waals surface area (Å²) < 4.78 is 10.9. The number of aryl methyl sites for hydroxylation is 1. The summed E-state index contributed by atoms with van der Waals surface area (Å²) in [6, 6.07) is 14.9. The van der Waals surface area contributed by atoms with Crippen LogP contribution in [-0.2, 0) is 17.0 Å². The van der Waals surface area contributed by atoms with Gasteiger partial charge in [0, 0.05) is 29.1 Å². The van der Waals surface area contributed by atoms with E-state index in [-0.39, 0.29) is 12.3 Å². The van der Waals surface area contributed by atoms with Gasteiger partial charge in [0.1, 0.15) is 0 Å². The quantitative estimate of drug-likeness (QED) is 0.372. The lowest BCUT2D eigenvalue weighted by molar-refractivity contribution is -0.116. The molecule has 4 rings (SSSR count). The Hall–Kier alpha value is -3.17. The average Bonchev–Trinajstić information content (AvgIpc) is 3.44. The van der Waals surface area contributed by atoms with Crippen molar-refractivity contribution >= 4 is 35.0 Å². The number of anilines is 1. The van der Waals surface area contributed by atoms with E-state index in [1.165, 1.54) is 11.8 Å². The predicted octanol–water partition coefficient (Wildman–Crippen LogP) is 4.95. The summed E-state index contributed by atoms with van der Waals surface area (Å²) in [4.78, 5) is 16.5. The minimum absolute atomic E-state index is 0.154. The van der Waals surface area contributed by atoms with E-state index in [0.717, 1.165) is 11.1 Å². The fraction of sp³-hybridized carbons (Fsp3) is 0.190. The summed E-state index contributed by atoms with van der Waals surface area (Å²) in [5, 5.41) is 15.9. The molecule has 0 aliphatic carbocycles. The molecule has 2 heterocycles. The van der Waals surface area contributed by atoms with Gasteiger partial charge in [-0.1, -0.05) is 52.8 Å². The molecule has 8 nitrogen and oxygen atoms in total.